The minimum absolute atomic E-state index is 0.214. The summed E-state index contributed by atoms with van der Waals surface area (Å²) in [7, 11) is 0. The van der Waals surface area contributed by atoms with Crippen molar-refractivity contribution in [3.8, 4) is 11.3 Å². The molecule has 1 unspecified atom stereocenters. The summed E-state index contributed by atoms with van der Waals surface area (Å²) in [6.07, 6.45) is 6.23. The molecule has 146 valence electrons. The van der Waals surface area contributed by atoms with Crippen molar-refractivity contribution in [1.82, 2.24) is 19.7 Å². The zero-order valence-corrected chi connectivity index (χ0v) is 15.5. The van der Waals surface area contributed by atoms with Gasteiger partial charge in [0.25, 0.3) is 0 Å². The Morgan fingerprint density at radius 1 is 1.21 bits per heavy atom. The second kappa shape index (κ2) is 5.78. The van der Waals surface area contributed by atoms with E-state index in [1.54, 1.807) is 0 Å². The maximum absolute atomic E-state index is 10.9. The zero-order chi connectivity index (χ0) is 19.0. The summed E-state index contributed by atoms with van der Waals surface area (Å²) < 4.78 is 7.98. The third kappa shape index (κ3) is 2.15. The second-order valence-corrected chi connectivity index (χ2v) is 8.46. The van der Waals surface area contributed by atoms with Gasteiger partial charge in [-0.15, -0.1) is 0 Å². The van der Waals surface area contributed by atoms with E-state index in [2.05, 4.69) is 19.7 Å². The molecule has 3 aromatic rings. The molecule has 0 spiro atoms. The van der Waals surface area contributed by atoms with Crippen LogP contribution in [-0.4, -0.2) is 36.5 Å². The topological polar surface area (TPSA) is 123 Å². The predicted octanol–water partition coefficient (Wildman–Crippen LogP) is 2.47. The van der Waals surface area contributed by atoms with Gasteiger partial charge >= 0.3 is 0 Å². The molecule has 0 aromatic carbocycles. The molecule has 0 aliphatic heterocycles. The Hall–Kier alpha value is -2.45. The fourth-order valence-corrected chi connectivity index (χ4v) is 5.03. The SMILES string of the molecule is Nc1ncnc2c1c1c(n2C2CC(CO)C2)CCC(O)c2c-1noc2C1CC1. The van der Waals surface area contributed by atoms with Gasteiger partial charge in [0.15, 0.2) is 0 Å². The van der Waals surface area contributed by atoms with E-state index in [1.165, 1.54) is 6.33 Å². The summed E-state index contributed by atoms with van der Waals surface area (Å²) in [6, 6.07) is 0.270. The standard InChI is InChI=1S/C20H23N5O3/c21-19-16-14-12(25(20(16)23-8-22-19)11-5-9(6-11)7-26)3-4-13(27)15-17(14)24-28-18(15)10-1-2-10/h8-11,13,26-27H,1-7H2,(H2,21,22,23). The minimum Gasteiger partial charge on any atom is -0.396 e. The molecular weight excluding hydrogens is 358 g/mol. The molecule has 3 aromatic heterocycles. The van der Waals surface area contributed by atoms with Gasteiger partial charge in [-0.3, -0.25) is 0 Å². The number of fused-ring (bicyclic) bond motifs is 5. The van der Waals surface area contributed by atoms with Crippen LogP contribution in [0.2, 0.25) is 0 Å². The molecule has 0 saturated heterocycles. The lowest BCUT2D eigenvalue weighted by molar-refractivity contribution is 0.112. The minimum atomic E-state index is -0.592. The normalized spacial score (nSPS) is 26.6. The number of aromatic nitrogens is 4. The fourth-order valence-electron chi connectivity index (χ4n) is 5.03. The predicted molar refractivity (Wildman–Crippen MR) is 102 cm³/mol. The van der Waals surface area contributed by atoms with Gasteiger partial charge < -0.3 is 25.0 Å². The van der Waals surface area contributed by atoms with Crippen molar-refractivity contribution < 1.29 is 14.7 Å². The van der Waals surface area contributed by atoms with E-state index in [1.807, 2.05) is 0 Å². The molecule has 1 atom stereocenters. The van der Waals surface area contributed by atoms with Crippen molar-refractivity contribution in [2.45, 2.75) is 56.6 Å². The number of aliphatic hydroxyl groups excluding tert-OH is 2. The van der Waals surface area contributed by atoms with Gasteiger partial charge in [0.1, 0.15) is 29.2 Å². The molecule has 0 bridgehead atoms. The number of aliphatic hydroxyl groups is 2. The van der Waals surface area contributed by atoms with E-state index in [4.69, 9.17) is 10.3 Å². The highest BCUT2D eigenvalue weighted by molar-refractivity contribution is 6.02. The average Bonchev–Trinajstić information content (AvgIpc) is 3.35. The molecule has 6 rings (SSSR count). The highest BCUT2D eigenvalue weighted by Crippen LogP contribution is 2.52. The second-order valence-electron chi connectivity index (χ2n) is 8.46. The van der Waals surface area contributed by atoms with Crippen LogP contribution in [0, 0.1) is 5.92 Å². The summed E-state index contributed by atoms with van der Waals surface area (Å²) >= 11 is 0. The molecular formula is C20H23N5O3. The van der Waals surface area contributed by atoms with Gasteiger partial charge in [-0.25, -0.2) is 9.97 Å². The highest BCUT2D eigenvalue weighted by atomic mass is 16.5. The van der Waals surface area contributed by atoms with E-state index in [0.29, 0.717) is 36.2 Å². The first-order valence-electron chi connectivity index (χ1n) is 10.1. The maximum Gasteiger partial charge on any atom is 0.146 e. The summed E-state index contributed by atoms with van der Waals surface area (Å²) in [4.78, 5) is 8.80. The summed E-state index contributed by atoms with van der Waals surface area (Å²) in [5.74, 6) is 1.95. The lowest BCUT2D eigenvalue weighted by Gasteiger charge is -2.36. The summed E-state index contributed by atoms with van der Waals surface area (Å²) in [5, 5.41) is 25.6. The molecule has 8 heteroatoms. The number of nitrogens with zero attached hydrogens (tertiary/aromatic N) is 4. The van der Waals surface area contributed by atoms with Crippen LogP contribution in [0.5, 0.6) is 0 Å². The van der Waals surface area contributed by atoms with Crippen molar-refractivity contribution in [3.63, 3.8) is 0 Å². The van der Waals surface area contributed by atoms with Crippen LogP contribution < -0.4 is 5.73 Å². The van der Waals surface area contributed by atoms with Crippen LogP contribution in [0.3, 0.4) is 0 Å². The van der Waals surface area contributed by atoms with Gasteiger partial charge in [-0.1, -0.05) is 5.16 Å². The molecule has 2 saturated carbocycles. The molecule has 0 radical (unpaired) electrons. The van der Waals surface area contributed by atoms with Crippen molar-refractivity contribution in [1.29, 1.82) is 0 Å². The number of hydrogen-bond donors (Lipinski definition) is 3. The number of nitrogens with two attached hydrogens (primary N) is 1. The van der Waals surface area contributed by atoms with Gasteiger partial charge in [-0.05, 0) is 44.4 Å². The third-order valence-corrected chi connectivity index (χ3v) is 6.68. The molecule has 4 N–H and O–H groups in total. The Morgan fingerprint density at radius 2 is 2.04 bits per heavy atom. The first-order chi connectivity index (χ1) is 13.7. The Balaban J connectivity index is 1.62. The van der Waals surface area contributed by atoms with Gasteiger partial charge in [0, 0.05) is 29.8 Å². The Morgan fingerprint density at radius 3 is 2.79 bits per heavy atom. The van der Waals surface area contributed by atoms with E-state index in [-0.39, 0.29) is 12.6 Å². The molecule has 8 nitrogen and oxygen atoms in total. The van der Waals surface area contributed by atoms with Gasteiger partial charge in [0.2, 0.25) is 0 Å². The van der Waals surface area contributed by atoms with E-state index in [9.17, 15) is 10.2 Å². The molecule has 3 aliphatic carbocycles. The van der Waals surface area contributed by atoms with Gasteiger partial charge in [0.05, 0.1) is 17.1 Å². The van der Waals surface area contributed by atoms with Crippen LogP contribution in [0.1, 0.15) is 67.2 Å². The van der Waals surface area contributed by atoms with Crippen molar-refractivity contribution in [2.24, 2.45) is 5.92 Å². The molecule has 0 amide bonds. The molecule has 3 heterocycles. The summed E-state index contributed by atoms with van der Waals surface area (Å²) in [6.45, 7) is 0.214. The number of anilines is 1. The molecule has 2 fully saturated rings. The quantitative estimate of drug-likeness (QED) is 0.637. The lowest BCUT2D eigenvalue weighted by Crippen LogP contribution is -2.30. The van der Waals surface area contributed by atoms with Crippen LogP contribution in [0.15, 0.2) is 10.9 Å². The van der Waals surface area contributed by atoms with Crippen LogP contribution in [-0.2, 0) is 6.42 Å². The number of nitrogen functional groups attached to an aromatic ring is 1. The number of hydrogen-bond acceptors (Lipinski definition) is 7. The first-order valence-corrected chi connectivity index (χ1v) is 10.1. The first kappa shape index (κ1) is 16.5. The smallest absolute Gasteiger partial charge is 0.146 e. The van der Waals surface area contributed by atoms with E-state index >= 15 is 0 Å². The third-order valence-electron chi connectivity index (χ3n) is 6.68. The lowest BCUT2D eigenvalue weighted by atomic mass is 9.80. The molecule has 28 heavy (non-hydrogen) atoms. The van der Waals surface area contributed by atoms with Crippen LogP contribution >= 0.6 is 0 Å². The Bertz CT molecular complexity index is 1080. The highest BCUT2D eigenvalue weighted by Gasteiger charge is 2.41. The Kier molecular flexibility index (Phi) is 3.40. The van der Waals surface area contributed by atoms with Crippen LogP contribution in [0.25, 0.3) is 22.3 Å². The molecule has 3 aliphatic rings. The van der Waals surface area contributed by atoms with Crippen molar-refractivity contribution in [3.05, 3.63) is 23.3 Å². The Labute approximate surface area is 161 Å². The fraction of sp³-hybridized carbons (Fsp3) is 0.550. The zero-order valence-electron chi connectivity index (χ0n) is 15.5. The maximum atomic E-state index is 10.9. The van der Waals surface area contributed by atoms with Gasteiger partial charge in [-0.2, -0.15) is 0 Å². The summed E-state index contributed by atoms with van der Waals surface area (Å²) in [5.41, 5.74) is 10.7. The number of rotatable bonds is 3. The van der Waals surface area contributed by atoms with E-state index < -0.39 is 6.10 Å². The van der Waals surface area contributed by atoms with E-state index in [0.717, 1.165) is 59.3 Å². The van der Waals surface area contributed by atoms with Crippen molar-refractivity contribution >= 4 is 16.9 Å². The van der Waals surface area contributed by atoms with Crippen molar-refractivity contribution in [2.75, 3.05) is 12.3 Å². The van der Waals surface area contributed by atoms with Crippen LogP contribution in [0.4, 0.5) is 5.82 Å². The average molecular weight is 381 g/mol. The largest absolute Gasteiger partial charge is 0.396 e. The monoisotopic (exact) mass is 381 g/mol.